The summed E-state index contributed by atoms with van der Waals surface area (Å²) in [6, 6.07) is 23.3. The normalized spacial score (nSPS) is 22.6. The van der Waals surface area contributed by atoms with Crippen molar-refractivity contribution in [3.05, 3.63) is 101 Å². The lowest BCUT2D eigenvalue weighted by Crippen LogP contribution is -2.37. The fraction of sp³-hybridized carbons (Fsp3) is 0.130. The van der Waals surface area contributed by atoms with E-state index >= 15 is 0 Å². The van der Waals surface area contributed by atoms with Gasteiger partial charge in [-0.1, -0.05) is 48.5 Å². The van der Waals surface area contributed by atoms with Crippen molar-refractivity contribution in [2.45, 2.75) is 12.1 Å². The molecule has 2 aliphatic rings. The highest BCUT2D eigenvalue weighted by atomic mass is 16.7. The molecule has 0 aliphatic carbocycles. The Morgan fingerprint density at radius 2 is 1.35 bits per heavy atom. The molecule has 0 radical (unpaired) electrons. The lowest BCUT2D eigenvalue weighted by atomic mass is 9.90. The van der Waals surface area contributed by atoms with Crippen molar-refractivity contribution in [3.8, 4) is 0 Å². The lowest BCUT2D eigenvalue weighted by Gasteiger charge is -2.28. The molecule has 3 aromatic rings. The van der Waals surface area contributed by atoms with Crippen LogP contribution in [-0.4, -0.2) is 22.8 Å². The molecular weight excluding hydrogens is 398 g/mol. The first-order chi connectivity index (χ1) is 15.1. The number of para-hydroxylation sites is 2. The zero-order valence-electron chi connectivity index (χ0n) is 16.2. The third-order valence-electron chi connectivity index (χ3n) is 5.59. The Labute approximate surface area is 177 Å². The Morgan fingerprint density at radius 1 is 0.774 bits per heavy atom. The van der Waals surface area contributed by atoms with Crippen LogP contribution < -0.4 is 9.96 Å². The number of anilines is 2. The summed E-state index contributed by atoms with van der Waals surface area (Å²) in [7, 11) is 0. The molecule has 2 aliphatic heterocycles. The van der Waals surface area contributed by atoms with Gasteiger partial charge in [0.1, 0.15) is 5.92 Å². The summed E-state index contributed by atoms with van der Waals surface area (Å²) >= 11 is 0. The van der Waals surface area contributed by atoms with Gasteiger partial charge in [0.15, 0.2) is 6.10 Å². The van der Waals surface area contributed by atoms with Crippen LogP contribution in [0, 0.1) is 16.0 Å². The molecule has 154 valence electrons. The number of hydrogen-bond acceptors (Lipinski definition) is 6. The monoisotopic (exact) mass is 415 g/mol. The topological polar surface area (TPSA) is 93.0 Å². The van der Waals surface area contributed by atoms with E-state index in [0.29, 0.717) is 16.9 Å². The molecular formula is C23H17N3O5. The van der Waals surface area contributed by atoms with Crippen LogP contribution in [0.1, 0.15) is 11.6 Å². The largest absolute Gasteiger partial charge is 0.273 e. The highest BCUT2D eigenvalue weighted by Gasteiger charge is 2.60. The maximum Gasteiger partial charge on any atom is 0.269 e. The van der Waals surface area contributed by atoms with E-state index in [2.05, 4.69) is 0 Å². The minimum atomic E-state index is -0.979. The molecule has 8 nitrogen and oxygen atoms in total. The first-order valence-corrected chi connectivity index (χ1v) is 9.74. The summed E-state index contributed by atoms with van der Waals surface area (Å²) in [4.78, 5) is 44.4. The number of imide groups is 1. The van der Waals surface area contributed by atoms with Gasteiger partial charge in [0.2, 0.25) is 5.91 Å². The average Bonchev–Trinajstić information content (AvgIpc) is 3.31. The molecule has 5 rings (SSSR count). The van der Waals surface area contributed by atoms with Crippen LogP contribution in [0.2, 0.25) is 0 Å². The minimum absolute atomic E-state index is 0.0507. The number of nitro groups is 1. The highest BCUT2D eigenvalue weighted by molar-refractivity contribution is 6.23. The maximum absolute atomic E-state index is 13.4. The van der Waals surface area contributed by atoms with Crippen LogP contribution in [0.4, 0.5) is 17.1 Å². The van der Waals surface area contributed by atoms with Crippen molar-refractivity contribution in [1.82, 2.24) is 0 Å². The maximum atomic E-state index is 13.4. The second kappa shape index (κ2) is 7.33. The van der Waals surface area contributed by atoms with Gasteiger partial charge in [-0.15, -0.1) is 0 Å². The first kappa shape index (κ1) is 19.0. The zero-order valence-corrected chi connectivity index (χ0v) is 16.2. The molecule has 3 aromatic carbocycles. The van der Waals surface area contributed by atoms with Crippen LogP contribution in [0.15, 0.2) is 84.9 Å². The number of hydrogen-bond donors (Lipinski definition) is 0. The molecule has 2 amide bonds. The molecule has 0 spiro atoms. The van der Waals surface area contributed by atoms with E-state index in [4.69, 9.17) is 4.84 Å². The van der Waals surface area contributed by atoms with Crippen LogP contribution in [0.3, 0.4) is 0 Å². The predicted molar refractivity (Wildman–Crippen MR) is 112 cm³/mol. The van der Waals surface area contributed by atoms with Crippen molar-refractivity contribution >= 4 is 28.9 Å². The van der Waals surface area contributed by atoms with E-state index in [1.807, 2.05) is 36.4 Å². The summed E-state index contributed by atoms with van der Waals surface area (Å²) in [5, 5.41) is 12.6. The zero-order chi connectivity index (χ0) is 21.5. The molecule has 0 aromatic heterocycles. The quantitative estimate of drug-likeness (QED) is 0.367. The molecule has 0 unspecified atom stereocenters. The van der Waals surface area contributed by atoms with Crippen molar-refractivity contribution in [1.29, 1.82) is 0 Å². The Balaban J connectivity index is 1.58. The van der Waals surface area contributed by atoms with E-state index in [0.717, 1.165) is 4.90 Å². The number of nitro benzene ring substituents is 1. The second-order valence-corrected chi connectivity index (χ2v) is 7.35. The molecule has 0 N–H and O–H groups in total. The predicted octanol–water partition coefficient (Wildman–Crippen LogP) is 3.65. The van der Waals surface area contributed by atoms with Gasteiger partial charge in [-0.3, -0.25) is 24.5 Å². The van der Waals surface area contributed by atoms with E-state index in [9.17, 15) is 19.7 Å². The molecule has 0 bridgehead atoms. The standard InChI is InChI=1S/C23H17N3O5/c27-22-19-20(15-11-13-18(14-12-15)26(29)30)25(17-9-5-2-6-10-17)31-21(19)23(28)24(22)16-7-3-1-4-8-16/h1-14,19-21H/t19-,20-,21+/m1/s1. The summed E-state index contributed by atoms with van der Waals surface area (Å²) in [5.74, 6) is -1.57. The van der Waals surface area contributed by atoms with Gasteiger partial charge in [0, 0.05) is 12.1 Å². The lowest BCUT2D eigenvalue weighted by molar-refractivity contribution is -0.384. The number of benzene rings is 3. The number of carbonyl (C=O) groups excluding carboxylic acids is 2. The number of amides is 2. The third-order valence-corrected chi connectivity index (χ3v) is 5.59. The Morgan fingerprint density at radius 3 is 1.94 bits per heavy atom. The SMILES string of the molecule is O=C1[C@H]2[C@H](ON(c3ccccc3)[C@@H]2c2ccc([N+](=O)[O-])cc2)C(=O)N1c1ccccc1. The number of nitrogens with zero attached hydrogens (tertiary/aromatic N) is 3. The number of carbonyl (C=O) groups is 2. The molecule has 2 heterocycles. The Hall–Kier alpha value is -4.04. The van der Waals surface area contributed by atoms with Gasteiger partial charge in [0.05, 0.1) is 22.3 Å². The summed E-state index contributed by atoms with van der Waals surface area (Å²) < 4.78 is 0. The third kappa shape index (κ3) is 3.04. The molecule has 31 heavy (non-hydrogen) atoms. The highest BCUT2D eigenvalue weighted by Crippen LogP contribution is 2.47. The Bertz CT molecular complexity index is 1150. The van der Waals surface area contributed by atoms with Gasteiger partial charge >= 0.3 is 0 Å². The van der Waals surface area contributed by atoms with Gasteiger partial charge in [-0.25, -0.2) is 9.96 Å². The van der Waals surface area contributed by atoms with Crippen molar-refractivity contribution in [2.24, 2.45) is 5.92 Å². The van der Waals surface area contributed by atoms with Crippen molar-refractivity contribution in [2.75, 3.05) is 9.96 Å². The van der Waals surface area contributed by atoms with E-state index < -0.39 is 28.9 Å². The number of rotatable bonds is 4. The number of non-ortho nitro benzene ring substituents is 1. The number of fused-ring (bicyclic) bond motifs is 1. The van der Waals surface area contributed by atoms with Crippen LogP contribution in [0.5, 0.6) is 0 Å². The van der Waals surface area contributed by atoms with Gasteiger partial charge in [0.25, 0.3) is 11.6 Å². The van der Waals surface area contributed by atoms with Crippen molar-refractivity contribution in [3.63, 3.8) is 0 Å². The summed E-state index contributed by atoms with van der Waals surface area (Å²) in [5.41, 5.74) is 1.78. The fourth-order valence-corrected chi connectivity index (χ4v) is 4.18. The minimum Gasteiger partial charge on any atom is -0.273 e. The average molecular weight is 415 g/mol. The molecule has 8 heteroatoms. The van der Waals surface area contributed by atoms with E-state index in [-0.39, 0.29) is 11.6 Å². The molecule has 2 saturated heterocycles. The van der Waals surface area contributed by atoms with Gasteiger partial charge in [-0.05, 0) is 29.8 Å². The van der Waals surface area contributed by atoms with Crippen molar-refractivity contribution < 1.29 is 19.3 Å². The first-order valence-electron chi connectivity index (χ1n) is 9.74. The summed E-state index contributed by atoms with van der Waals surface area (Å²) in [6.07, 6.45) is -0.979. The Kier molecular flexibility index (Phi) is 4.48. The number of hydroxylamine groups is 1. The van der Waals surface area contributed by atoms with E-state index in [1.165, 1.54) is 12.1 Å². The van der Waals surface area contributed by atoms with Crippen LogP contribution >= 0.6 is 0 Å². The summed E-state index contributed by atoms with van der Waals surface area (Å²) in [6.45, 7) is 0. The van der Waals surface area contributed by atoms with Gasteiger partial charge < -0.3 is 0 Å². The molecule has 0 saturated carbocycles. The molecule has 2 fully saturated rings. The van der Waals surface area contributed by atoms with E-state index in [1.54, 1.807) is 41.5 Å². The van der Waals surface area contributed by atoms with Crippen LogP contribution in [0.25, 0.3) is 0 Å². The molecule has 3 atom stereocenters. The second-order valence-electron chi connectivity index (χ2n) is 7.35. The van der Waals surface area contributed by atoms with Crippen LogP contribution in [-0.2, 0) is 14.4 Å². The van der Waals surface area contributed by atoms with Gasteiger partial charge in [-0.2, -0.15) is 0 Å². The fourth-order valence-electron chi connectivity index (χ4n) is 4.18. The smallest absolute Gasteiger partial charge is 0.269 e.